The lowest BCUT2D eigenvalue weighted by Crippen LogP contribution is -2.60. The van der Waals surface area contributed by atoms with Crippen molar-refractivity contribution in [2.24, 2.45) is 11.3 Å². The van der Waals surface area contributed by atoms with E-state index in [9.17, 15) is 19.8 Å². The highest BCUT2D eigenvalue weighted by Crippen LogP contribution is 2.56. The van der Waals surface area contributed by atoms with Crippen LogP contribution < -0.4 is 0 Å². The number of Topliss-reactive ketones (excluding diaryl/α,β-unsaturated/α-hetero) is 2. The topological polar surface area (TPSA) is 74.6 Å². The van der Waals surface area contributed by atoms with Crippen molar-refractivity contribution in [3.8, 4) is 5.75 Å². The molecular formula is C20H26O4. The highest BCUT2D eigenvalue weighted by molar-refractivity contribution is 6.07. The molecule has 2 aliphatic rings. The van der Waals surface area contributed by atoms with Crippen LogP contribution in [0.3, 0.4) is 0 Å². The van der Waals surface area contributed by atoms with Crippen molar-refractivity contribution < 1.29 is 19.8 Å². The predicted octanol–water partition coefficient (Wildman–Crippen LogP) is 3.34. The zero-order chi connectivity index (χ0) is 18.0. The van der Waals surface area contributed by atoms with Crippen LogP contribution in [0, 0.1) is 11.3 Å². The molecule has 130 valence electrons. The van der Waals surface area contributed by atoms with Crippen LogP contribution in [0.25, 0.3) is 0 Å². The maximum atomic E-state index is 12.9. The van der Waals surface area contributed by atoms with Crippen LogP contribution >= 0.6 is 0 Å². The molecule has 0 saturated heterocycles. The standard InChI is InChI=1S/C20H26O4/c1-10(2)11-8-12-13(9-14(11)21)20(5)15(22)6-7-19(3,4)18(20)17(24)16(12)23/h8-10,17-18,21,24H,6-7H2,1-5H3. The number of fused-ring (bicyclic) bond motifs is 3. The number of phenols is 1. The third-order valence-electron chi connectivity index (χ3n) is 6.24. The van der Waals surface area contributed by atoms with E-state index in [1.165, 1.54) is 0 Å². The van der Waals surface area contributed by atoms with Gasteiger partial charge in [0.25, 0.3) is 0 Å². The second kappa shape index (κ2) is 5.16. The summed E-state index contributed by atoms with van der Waals surface area (Å²) < 4.78 is 0. The molecule has 2 aliphatic carbocycles. The molecule has 0 aliphatic heterocycles. The molecule has 3 rings (SSSR count). The summed E-state index contributed by atoms with van der Waals surface area (Å²) in [5.74, 6) is -0.614. The van der Waals surface area contributed by atoms with Gasteiger partial charge < -0.3 is 10.2 Å². The van der Waals surface area contributed by atoms with Crippen molar-refractivity contribution in [2.75, 3.05) is 0 Å². The Morgan fingerprint density at radius 2 is 1.79 bits per heavy atom. The van der Waals surface area contributed by atoms with Gasteiger partial charge in [-0.3, -0.25) is 9.59 Å². The maximum Gasteiger partial charge on any atom is 0.191 e. The quantitative estimate of drug-likeness (QED) is 0.828. The van der Waals surface area contributed by atoms with Gasteiger partial charge in [-0.25, -0.2) is 0 Å². The van der Waals surface area contributed by atoms with Crippen LogP contribution in [0.5, 0.6) is 5.75 Å². The van der Waals surface area contributed by atoms with Crippen LogP contribution in [0.2, 0.25) is 0 Å². The molecule has 0 heterocycles. The summed E-state index contributed by atoms with van der Waals surface area (Å²) >= 11 is 0. The van der Waals surface area contributed by atoms with Crippen LogP contribution in [-0.4, -0.2) is 27.9 Å². The molecule has 1 saturated carbocycles. The Labute approximate surface area is 142 Å². The lowest BCUT2D eigenvalue weighted by Gasteiger charge is -2.54. The molecule has 24 heavy (non-hydrogen) atoms. The lowest BCUT2D eigenvalue weighted by molar-refractivity contribution is -0.138. The maximum absolute atomic E-state index is 12.9. The summed E-state index contributed by atoms with van der Waals surface area (Å²) in [5.41, 5.74) is 0.342. The zero-order valence-corrected chi connectivity index (χ0v) is 15.0. The van der Waals surface area contributed by atoms with Crippen molar-refractivity contribution in [2.45, 2.75) is 64.9 Å². The van der Waals surface area contributed by atoms with Crippen molar-refractivity contribution in [3.05, 3.63) is 28.8 Å². The number of ketones is 2. The van der Waals surface area contributed by atoms with E-state index in [1.807, 2.05) is 34.6 Å². The normalized spacial score (nSPS) is 31.8. The molecule has 0 aromatic heterocycles. The third-order valence-corrected chi connectivity index (χ3v) is 6.24. The summed E-state index contributed by atoms with van der Waals surface area (Å²) in [6.07, 6.45) is -0.110. The van der Waals surface area contributed by atoms with E-state index in [-0.39, 0.29) is 28.6 Å². The summed E-state index contributed by atoms with van der Waals surface area (Å²) in [7, 11) is 0. The Hall–Kier alpha value is -1.68. The van der Waals surface area contributed by atoms with E-state index in [0.717, 1.165) is 0 Å². The van der Waals surface area contributed by atoms with E-state index in [4.69, 9.17) is 0 Å². The number of aromatic hydroxyl groups is 1. The summed E-state index contributed by atoms with van der Waals surface area (Å²) in [6, 6.07) is 3.25. The summed E-state index contributed by atoms with van der Waals surface area (Å²) in [5, 5.41) is 21.2. The van der Waals surface area contributed by atoms with Crippen LogP contribution in [0.15, 0.2) is 12.1 Å². The number of hydrogen-bond donors (Lipinski definition) is 2. The van der Waals surface area contributed by atoms with Gasteiger partial charge in [0.15, 0.2) is 5.78 Å². The average Bonchev–Trinajstić information content (AvgIpc) is 2.48. The Balaban J connectivity index is 2.32. The van der Waals surface area contributed by atoms with Gasteiger partial charge in [0, 0.05) is 17.9 Å². The minimum atomic E-state index is -1.19. The first kappa shape index (κ1) is 17.2. The fourth-order valence-electron chi connectivity index (χ4n) is 4.88. The molecule has 1 fully saturated rings. The van der Waals surface area contributed by atoms with E-state index in [2.05, 4.69) is 0 Å². The van der Waals surface area contributed by atoms with Gasteiger partial charge in [-0.05, 0) is 47.9 Å². The van der Waals surface area contributed by atoms with Gasteiger partial charge in [-0.15, -0.1) is 0 Å². The molecule has 0 radical (unpaired) electrons. The van der Waals surface area contributed by atoms with Crippen molar-refractivity contribution >= 4 is 11.6 Å². The van der Waals surface area contributed by atoms with Gasteiger partial charge in [-0.1, -0.05) is 27.7 Å². The Morgan fingerprint density at radius 1 is 1.17 bits per heavy atom. The van der Waals surface area contributed by atoms with Crippen LogP contribution in [0.1, 0.15) is 74.9 Å². The molecule has 0 spiro atoms. The second-order valence-electron chi connectivity index (χ2n) is 8.51. The Kier molecular flexibility index (Phi) is 3.69. The zero-order valence-electron chi connectivity index (χ0n) is 15.0. The molecule has 1 aromatic carbocycles. The highest BCUT2D eigenvalue weighted by Gasteiger charge is 2.60. The number of aliphatic hydroxyl groups excluding tert-OH is 1. The smallest absolute Gasteiger partial charge is 0.191 e. The van der Waals surface area contributed by atoms with E-state index < -0.39 is 17.4 Å². The molecule has 0 amide bonds. The monoisotopic (exact) mass is 330 g/mol. The molecule has 0 bridgehead atoms. The first-order valence-corrected chi connectivity index (χ1v) is 8.64. The van der Waals surface area contributed by atoms with Crippen LogP contribution in [0.4, 0.5) is 0 Å². The van der Waals surface area contributed by atoms with Gasteiger partial charge in [-0.2, -0.15) is 0 Å². The largest absolute Gasteiger partial charge is 0.508 e. The number of carbonyl (C=O) groups is 2. The lowest BCUT2D eigenvalue weighted by atomic mass is 9.48. The minimum Gasteiger partial charge on any atom is -0.508 e. The first-order valence-electron chi connectivity index (χ1n) is 8.64. The van der Waals surface area contributed by atoms with Gasteiger partial charge >= 0.3 is 0 Å². The van der Waals surface area contributed by atoms with Crippen molar-refractivity contribution in [1.29, 1.82) is 0 Å². The predicted molar refractivity (Wildman–Crippen MR) is 91.4 cm³/mol. The average molecular weight is 330 g/mol. The summed E-state index contributed by atoms with van der Waals surface area (Å²) in [4.78, 5) is 25.7. The fraction of sp³-hybridized carbons (Fsp3) is 0.600. The van der Waals surface area contributed by atoms with E-state index in [1.54, 1.807) is 12.1 Å². The molecule has 1 aromatic rings. The number of hydrogen-bond acceptors (Lipinski definition) is 4. The number of aliphatic hydroxyl groups is 1. The van der Waals surface area contributed by atoms with Gasteiger partial charge in [0.05, 0.1) is 5.41 Å². The molecule has 2 N–H and O–H groups in total. The Bertz CT molecular complexity index is 731. The van der Waals surface area contributed by atoms with Gasteiger partial charge in [0.2, 0.25) is 0 Å². The third kappa shape index (κ3) is 2.08. The second-order valence-corrected chi connectivity index (χ2v) is 8.51. The van der Waals surface area contributed by atoms with Crippen molar-refractivity contribution in [3.63, 3.8) is 0 Å². The number of rotatable bonds is 1. The molecule has 3 unspecified atom stereocenters. The van der Waals surface area contributed by atoms with Crippen LogP contribution in [-0.2, 0) is 10.2 Å². The summed E-state index contributed by atoms with van der Waals surface area (Å²) in [6.45, 7) is 9.71. The molecule has 4 heteroatoms. The number of carbonyl (C=O) groups excluding carboxylic acids is 2. The highest BCUT2D eigenvalue weighted by atomic mass is 16.3. The van der Waals surface area contributed by atoms with Crippen molar-refractivity contribution in [1.82, 2.24) is 0 Å². The molecule has 3 atom stereocenters. The molecular weight excluding hydrogens is 304 g/mol. The SMILES string of the molecule is CC(C)c1cc2c(cc1O)C1(C)C(=O)CCC(C)(C)C1C(O)C2=O. The van der Waals surface area contributed by atoms with E-state index in [0.29, 0.717) is 29.5 Å². The number of phenolic OH excluding ortho intramolecular Hbond substituents is 1. The van der Waals surface area contributed by atoms with E-state index >= 15 is 0 Å². The number of benzene rings is 1. The minimum absolute atomic E-state index is 0.0383. The Morgan fingerprint density at radius 3 is 2.38 bits per heavy atom. The first-order chi connectivity index (χ1) is 11.0. The van der Waals surface area contributed by atoms with Gasteiger partial charge in [0.1, 0.15) is 17.6 Å². The fourth-order valence-corrected chi connectivity index (χ4v) is 4.88. The molecule has 4 nitrogen and oxygen atoms in total.